The molecule has 0 saturated carbocycles. The number of hydrogen-bond donors (Lipinski definition) is 4. The molecule has 0 fully saturated rings. The van der Waals surface area contributed by atoms with E-state index in [2.05, 4.69) is 9.97 Å². The monoisotopic (exact) mass is 407 g/mol. The number of nitrogen functional groups attached to an aromatic ring is 1. The first-order valence-electron chi connectivity index (χ1n) is 10.5. The minimum absolute atomic E-state index is 0. The molecule has 2 heterocycles. The first kappa shape index (κ1) is 19.9. The molecule has 0 bridgehead atoms. The molecule has 1 aliphatic carbocycles. The normalized spacial score (nSPS) is 13.0. The lowest BCUT2D eigenvalue weighted by molar-refractivity contribution is 0.689. The quantitative estimate of drug-likeness (QED) is 0.256. The summed E-state index contributed by atoms with van der Waals surface area (Å²) in [6, 6.07) is 7.82. The molecule has 5 rings (SSSR count). The summed E-state index contributed by atoms with van der Waals surface area (Å²) in [5.74, 6) is 0. The van der Waals surface area contributed by atoms with Gasteiger partial charge in [-0.3, -0.25) is 0 Å². The lowest BCUT2D eigenvalue weighted by Gasteiger charge is -2.23. The third kappa shape index (κ3) is 3.09. The van der Waals surface area contributed by atoms with Crippen molar-refractivity contribution in [3.05, 3.63) is 57.0 Å². The zero-order chi connectivity index (χ0) is 21.4. The van der Waals surface area contributed by atoms with Gasteiger partial charge in [0, 0.05) is 32.7 Å². The van der Waals surface area contributed by atoms with E-state index in [1.165, 1.54) is 17.3 Å². The number of nitrogens with one attached hydrogen (secondary N) is 3. The summed E-state index contributed by atoms with van der Waals surface area (Å²) >= 11 is 0. The van der Waals surface area contributed by atoms with Crippen LogP contribution in [0.2, 0.25) is 0 Å². The molecule has 0 unspecified atom stereocenters. The van der Waals surface area contributed by atoms with Crippen molar-refractivity contribution in [2.45, 2.75) is 46.5 Å². The molecule has 0 amide bonds. The molecular formula is C24H33N5O. The Labute approximate surface area is 179 Å². The number of anilines is 1. The Balaban J connectivity index is 0.00000106. The molecule has 2 aromatic heterocycles. The van der Waals surface area contributed by atoms with Crippen LogP contribution in [0.4, 0.5) is 5.69 Å². The van der Waals surface area contributed by atoms with Crippen LogP contribution in [-0.4, -0.2) is 21.2 Å². The van der Waals surface area contributed by atoms with E-state index in [-0.39, 0.29) is 9.97 Å². The van der Waals surface area contributed by atoms with Gasteiger partial charge in [-0.25, -0.2) is 9.78 Å². The van der Waals surface area contributed by atoms with Gasteiger partial charge in [0.2, 0.25) is 0 Å². The maximum atomic E-state index is 11.6. The molecule has 0 saturated heterocycles. The Morgan fingerprint density at radius 2 is 1.80 bits per heavy atom. The topological polar surface area (TPSA) is 111 Å². The van der Waals surface area contributed by atoms with Crippen molar-refractivity contribution in [2.75, 3.05) is 5.73 Å². The maximum absolute atomic E-state index is 11.6. The molecule has 0 spiro atoms. The average molecular weight is 408 g/mol. The molecule has 30 heavy (non-hydrogen) atoms. The predicted molar refractivity (Wildman–Crippen MR) is 131 cm³/mol. The van der Waals surface area contributed by atoms with Crippen molar-refractivity contribution in [3.63, 3.8) is 0 Å². The fourth-order valence-electron chi connectivity index (χ4n) is 4.49. The zero-order valence-electron chi connectivity index (χ0n) is 17.6. The van der Waals surface area contributed by atoms with Crippen molar-refractivity contribution < 1.29 is 4.28 Å². The van der Waals surface area contributed by atoms with Gasteiger partial charge in [-0.05, 0) is 67.5 Å². The molecule has 6 nitrogen and oxygen atoms in total. The molecule has 0 atom stereocenters. The second-order valence-corrected chi connectivity index (χ2v) is 7.53. The van der Waals surface area contributed by atoms with Gasteiger partial charge in [-0.2, -0.15) is 0 Å². The van der Waals surface area contributed by atoms with Gasteiger partial charge in [0.25, 0.3) is 0 Å². The summed E-state index contributed by atoms with van der Waals surface area (Å²) in [6.45, 7) is 6.02. The molecular weight excluding hydrogens is 374 g/mol. The number of benzene rings is 2. The van der Waals surface area contributed by atoms with Crippen LogP contribution in [-0.2, 0) is 12.8 Å². The Bertz CT molecular complexity index is 1340. The molecule has 4 aromatic rings. The minimum atomic E-state index is -0.206. The summed E-state index contributed by atoms with van der Waals surface area (Å²) in [4.78, 5) is 22.3. The van der Waals surface area contributed by atoms with Gasteiger partial charge < -0.3 is 21.1 Å². The van der Waals surface area contributed by atoms with Crippen molar-refractivity contribution in [3.8, 4) is 11.3 Å². The fraction of sp³-hybridized carbons (Fsp3) is 0.292. The van der Waals surface area contributed by atoms with Crippen LogP contribution in [0.1, 0.15) is 53.2 Å². The predicted octanol–water partition coefficient (Wildman–Crippen LogP) is 5.60. The lowest BCUT2D eigenvalue weighted by Crippen LogP contribution is -2.10. The van der Waals surface area contributed by atoms with E-state index in [0.717, 1.165) is 70.0 Å². The highest BCUT2D eigenvalue weighted by Crippen LogP contribution is 2.39. The standard InChI is InChI=1S/C22H21N5O.C2H6.3H2/c1-11-8-16(24)15(10-23)19-13-4-2-3-5-14(13)21(27-20(11)19)12-6-7-17-18(9-12)26-22(28)25-17;1-2;;;/h6-10,23H,2-5,24H2,1H3,(H2,25,26,28);1-2H3;3*1H. The second kappa shape index (κ2) is 7.78. The number of rotatable bonds is 2. The van der Waals surface area contributed by atoms with E-state index in [4.69, 9.17) is 16.1 Å². The van der Waals surface area contributed by atoms with Crippen LogP contribution in [0.25, 0.3) is 33.2 Å². The van der Waals surface area contributed by atoms with Gasteiger partial charge in [0.1, 0.15) is 0 Å². The third-order valence-electron chi connectivity index (χ3n) is 5.78. The van der Waals surface area contributed by atoms with Crippen LogP contribution in [0.5, 0.6) is 0 Å². The molecule has 1 aliphatic rings. The van der Waals surface area contributed by atoms with E-state index >= 15 is 0 Å². The van der Waals surface area contributed by atoms with Crippen LogP contribution in [0, 0.1) is 12.3 Å². The number of pyridine rings is 1. The maximum Gasteiger partial charge on any atom is 0.323 e. The second-order valence-electron chi connectivity index (χ2n) is 7.53. The van der Waals surface area contributed by atoms with E-state index in [1.807, 2.05) is 45.0 Å². The highest BCUT2D eigenvalue weighted by atomic mass is 16.1. The van der Waals surface area contributed by atoms with Crippen molar-refractivity contribution in [1.29, 1.82) is 5.41 Å². The van der Waals surface area contributed by atoms with Gasteiger partial charge in [0.05, 0.1) is 22.2 Å². The summed E-state index contributed by atoms with van der Waals surface area (Å²) in [5.41, 5.74) is 15.4. The van der Waals surface area contributed by atoms with Crippen molar-refractivity contribution in [1.82, 2.24) is 15.0 Å². The Morgan fingerprint density at radius 3 is 2.53 bits per heavy atom. The van der Waals surface area contributed by atoms with Gasteiger partial charge in [-0.1, -0.05) is 19.9 Å². The molecule has 0 aliphatic heterocycles. The fourth-order valence-corrected chi connectivity index (χ4v) is 4.49. The molecule has 5 N–H and O–H groups in total. The lowest BCUT2D eigenvalue weighted by atomic mass is 9.84. The van der Waals surface area contributed by atoms with E-state index in [1.54, 1.807) is 0 Å². The minimum Gasteiger partial charge on any atom is -0.398 e. The van der Waals surface area contributed by atoms with E-state index in [0.29, 0.717) is 5.69 Å². The average Bonchev–Trinajstić information content (AvgIpc) is 3.14. The Morgan fingerprint density at radius 1 is 1.10 bits per heavy atom. The SMILES string of the molecule is CC.Cc1cc(N)c(C=N)c2c3c(c(-c4ccc5[nH]c(=O)[nH]c5c4)nc12)CCCC3.[HH].[HH].[HH]. The van der Waals surface area contributed by atoms with Gasteiger partial charge >= 0.3 is 5.69 Å². The number of H-pyrrole nitrogens is 2. The Hall–Kier alpha value is -3.41. The summed E-state index contributed by atoms with van der Waals surface area (Å²) in [6.07, 6.45) is 5.53. The number of aryl methyl sites for hydroxylation is 2. The summed E-state index contributed by atoms with van der Waals surface area (Å²) < 4.78 is 0. The number of imidazole rings is 1. The highest BCUT2D eigenvalue weighted by Gasteiger charge is 2.22. The summed E-state index contributed by atoms with van der Waals surface area (Å²) in [7, 11) is 0. The number of aromatic amines is 2. The largest absolute Gasteiger partial charge is 0.398 e. The smallest absolute Gasteiger partial charge is 0.323 e. The van der Waals surface area contributed by atoms with Crippen LogP contribution in [0.15, 0.2) is 29.1 Å². The third-order valence-corrected chi connectivity index (χ3v) is 5.78. The highest BCUT2D eigenvalue weighted by molar-refractivity contribution is 6.06. The number of nitrogens with zero attached hydrogens (tertiary/aromatic N) is 1. The van der Waals surface area contributed by atoms with Crippen molar-refractivity contribution >= 4 is 33.8 Å². The molecule has 0 radical (unpaired) electrons. The molecule has 2 aromatic carbocycles. The first-order valence-corrected chi connectivity index (χ1v) is 10.5. The Kier molecular flexibility index (Phi) is 5.16. The number of nitrogens with two attached hydrogens (primary N) is 1. The van der Waals surface area contributed by atoms with Crippen molar-refractivity contribution in [2.24, 2.45) is 0 Å². The van der Waals surface area contributed by atoms with Gasteiger partial charge in [-0.15, -0.1) is 0 Å². The van der Waals surface area contributed by atoms with E-state index in [9.17, 15) is 4.79 Å². The van der Waals surface area contributed by atoms with Crippen LogP contribution >= 0.6 is 0 Å². The number of hydrogen-bond acceptors (Lipinski definition) is 4. The molecule has 160 valence electrons. The molecule has 6 heteroatoms. The van der Waals surface area contributed by atoms with Crippen LogP contribution < -0.4 is 11.4 Å². The number of aromatic nitrogens is 3. The summed E-state index contributed by atoms with van der Waals surface area (Å²) in [5, 5.41) is 8.92. The zero-order valence-corrected chi connectivity index (χ0v) is 17.6. The van der Waals surface area contributed by atoms with Crippen LogP contribution in [0.3, 0.4) is 0 Å². The van der Waals surface area contributed by atoms with Gasteiger partial charge in [0.15, 0.2) is 0 Å². The number of fused-ring (bicyclic) bond motifs is 4. The first-order chi connectivity index (χ1) is 14.6. The van der Waals surface area contributed by atoms with E-state index < -0.39 is 0 Å².